The number of rotatable bonds is 9. The minimum Gasteiger partial charge on any atom is -0.474 e. The van der Waals surface area contributed by atoms with Gasteiger partial charge in [0, 0.05) is 23.4 Å². The second-order valence-electron chi connectivity index (χ2n) is 9.36. The van der Waals surface area contributed by atoms with Crippen molar-refractivity contribution in [1.82, 2.24) is 9.97 Å². The highest BCUT2D eigenvalue weighted by Crippen LogP contribution is 2.62. The Kier molecular flexibility index (Phi) is 6.69. The van der Waals surface area contributed by atoms with E-state index in [2.05, 4.69) is 9.97 Å². The maximum atomic E-state index is 13.8. The molecule has 3 aromatic rings. The van der Waals surface area contributed by atoms with Gasteiger partial charge in [0.25, 0.3) is 0 Å². The first-order chi connectivity index (χ1) is 16.9. The Morgan fingerprint density at radius 3 is 2.54 bits per heavy atom. The van der Waals surface area contributed by atoms with Crippen molar-refractivity contribution in [2.24, 2.45) is 23.7 Å². The minimum atomic E-state index is -0.362. The van der Waals surface area contributed by atoms with Crippen LogP contribution in [0.1, 0.15) is 43.0 Å². The molecular weight excluding hydrogens is 471 g/mol. The predicted molar refractivity (Wildman–Crippen MR) is 129 cm³/mol. The fourth-order valence-corrected chi connectivity index (χ4v) is 5.79. The third kappa shape index (κ3) is 5.15. The summed E-state index contributed by atoms with van der Waals surface area (Å²) in [4.78, 5) is 33.7. The molecule has 0 bridgehead atoms. The van der Waals surface area contributed by atoms with Crippen molar-refractivity contribution in [3.05, 3.63) is 65.2 Å². The molecule has 1 heterocycles. The van der Waals surface area contributed by atoms with Crippen LogP contribution in [0.15, 0.2) is 48.8 Å². The van der Waals surface area contributed by atoms with E-state index in [0.29, 0.717) is 52.2 Å². The van der Waals surface area contributed by atoms with Gasteiger partial charge in [-0.05, 0) is 85.9 Å². The van der Waals surface area contributed by atoms with Gasteiger partial charge in [0.1, 0.15) is 18.2 Å². The number of nitrogens with zero attached hydrogens (tertiary/aromatic N) is 2. The zero-order chi connectivity index (χ0) is 24.5. The summed E-state index contributed by atoms with van der Waals surface area (Å²) in [6.45, 7) is 2.10. The van der Waals surface area contributed by atoms with Crippen LogP contribution in [0.2, 0.25) is 5.02 Å². The quantitative estimate of drug-likeness (QED) is 0.280. The van der Waals surface area contributed by atoms with Crippen molar-refractivity contribution >= 4 is 34.3 Å². The number of carbonyl (C=O) groups is 2. The van der Waals surface area contributed by atoms with Gasteiger partial charge in [-0.25, -0.2) is 14.4 Å². The van der Waals surface area contributed by atoms with Crippen molar-refractivity contribution in [2.45, 2.75) is 38.7 Å². The number of halogens is 2. The summed E-state index contributed by atoms with van der Waals surface area (Å²) in [5.74, 6) is 0.704. The Labute approximate surface area is 207 Å². The topological polar surface area (TPSA) is 78.4 Å². The largest absolute Gasteiger partial charge is 0.474 e. The van der Waals surface area contributed by atoms with Crippen LogP contribution < -0.4 is 4.74 Å². The van der Waals surface area contributed by atoms with E-state index in [1.165, 1.54) is 18.5 Å². The third-order valence-electron chi connectivity index (χ3n) is 7.20. The first-order valence-electron chi connectivity index (χ1n) is 11.9. The molecule has 0 N–H and O–H groups in total. The van der Waals surface area contributed by atoms with Crippen LogP contribution in [-0.2, 0) is 9.53 Å². The second kappa shape index (κ2) is 9.90. The third-order valence-corrected chi connectivity index (χ3v) is 7.45. The number of carbonyl (C=O) groups excluding carboxylic acids is 2. The summed E-state index contributed by atoms with van der Waals surface area (Å²) in [5.41, 5.74) is 1.23. The lowest BCUT2D eigenvalue weighted by atomic mass is 9.87. The lowest BCUT2D eigenvalue weighted by molar-refractivity contribution is -0.144. The molecule has 5 atom stereocenters. The molecule has 2 aliphatic rings. The summed E-state index contributed by atoms with van der Waals surface area (Å²) in [5, 5.41) is 1.13. The summed E-state index contributed by atoms with van der Waals surface area (Å²) < 4.78 is 25.1. The molecular formula is C27H26ClFN2O4. The Balaban J connectivity index is 1.25. The van der Waals surface area contributed by atoms with E-state index in [9.17, 15) is 14.0 Å². The molecule has 0 radical (unpaired) electrons. The number of benzene rings is 2. The molecule has 5 rings (SSSR count). The smallest absolute Gasteiger partial charge is 0.306 e. The first kappa shape index (κ1) is 23.7. The fraction of sp³-hybridized carbons (Fsp3) is 0.407. The molecule has 2 aromatic carbocycles. The van der Waals surface area contributed by atoms with Gasteiger partial charge in [-0.15, -0.1) is 0 Å². The van der Waals surface area contributed by atoms with Gasteiger partial charge in [0.15, 0.2) is 5.78 Å². The highest BCUT2D eigenvalue weighted by atomic mass is 35.5. The monoisotopic (exact) mass is 496 g/mol. The van der Waals surface area contributed by atoms with Gasteiger partial charge in [-0.2, -0.15) is 0 Å². The molecule has 35 heavy (non-hydrogen) atoms. The normalized spacial score (nSPS) is 23.5. The van der Waals surface area contributed by atoms with Gasteiger partial charge < -0.3 is 9.47 Å². The maximum absolute atomic E-state index is 13.8. The van der Waals surface area contributed by atoms with Crippen LogP contribution in [-0.4, -0.2) is 34.4 Å². The Bertz CT molecular complexity index is 1240. The number of Topliss-reactive ketones (excluding diaryl/α,β-unsaturated/α-hetero) is 1. The van der Waals surface area contributed by atoms with Crippen LogP contribution in [0.5, 0.6) is 5.88 Å². The molecule has 0 saturated heterocycles. The zero-order valence-electron chi connectivity index (χ0n) is 19.3. The van der Waals surface area contributed by atoms with Gasteiger partial charge in [-0.3, -0.25) is 9.59 Å². The maximum Gasteiger partial charge on any atom is 0.306 e. The fourth-order valence-electron chi connectivity index (χ4n) is 5.66. The molecule has 2 fully saturated rings. The zero-order valence-corrected chi connectivity index (χ0v) is 20.1. The van der Waals surface area contributed by atoms with Crippen molar-refractivity contribution in [3.63, 3.8) is 0 Å². The van der Waals surface area contributed by atoms with Gasteiger partial charge in [0.2, 0.25) is 5.88 Å². The van der Waals surface area contributed by atoms with E-state index in [1.807, 2.05) is 0 Å². The summed E-state index contributed by atoms with van der Waals surface area (Å²) >= 11 is 5.95. The Morgan fingerprint density at radius 1 is 1.09 bits per heavy atom. The number of esters is 1. The summed E-state index contributed by atoms with van der Waals surface area (Å²) in [7, 11) is 0. The average molecular weight is 497 g/mol. The number of hydrogen-bond acceptors (Lipinski definition) is 6. The minimum absolute atomic E-state index is 0.00298. The van der Waals surface area contributed by atoms with E-state index in [1.54, 1.807) is 37.3 Å². The van der Waals surface area contributed by atoms with Gasteiger partial charge >= 0.3 is 5.97 Å². The van der Waals surface area contributed by atoms with Gasteiger partial charge in [-0.1, -0.05) is 11.6 Å². The van der Waals surface area contributed by atoms with Crippen molar-refractivity contribution in [1.29, 1.82) is 0 Å². The molecule has 2 aliphatic carbocycles. The molecule has 2 saturated carbocycles. The molecule has 6 nitrogen and oxygen atoms in total. The van der Waals surface area contributed by atoms with Gasteiger partial charge in [0.05, 0.1) is 17.5 Å². The standard InChI is InChI=1S/C27H26ClFN2O4/c1-2-34-25(33)10-16(9-24(32)15-3-5-17(28)6-4-15)26-20-12-19(13-21(20)26)35-27-22-11-18(29)7-8-23(22)30-14-31-27/h3-8,11,14,16,19-21,26H,2,9-10,12-13H2,1H3/t16?,19?,20-,21+,26?. The highest BCUT2D eigenvalue weighted by molar-refractivity contribution is 6.30. The van der Waals surface area contributed by atoms with Crippen molar-refractivity contribution in [2.75, 3.05) is 6.61 Å². The van der Waals surface area contributed by atoms with Crippen LogP contribution in [0.4, 0.5) is 4.39 Å². The van der Waals surface area contributed by atoms with E-state index in [4.69, 9.17) is 21.1 Å². The van der Waals surface area contributed by atoms with E-state index in [0.717, 1.165) is 12.8 Å². The number of ether oxygens (including phenoxy) is 2. The number of hydrogen-bond donors (Lipinski definition) is 0. The Morgan fingerprint density at radius 2 is 1.83 bits per heavy atom. The average Bonchev–Trinajstić information content (AvgIpc) is 3.34. The van der Waals surface area contributed by atoms with Crippen LogP contribution in [0, 0.1) is 29.5 Å². The predicted octanol–water partition coefficient (Wildman–Crippen LogP) is 5.67. The van der Waals surface area contributed by atoms with Crippen molar-refractivity contribution in [3.8, 4) is 5.88 Å². The van der Waals surface area contributed by atoms with Crippen LogP contribution >= 0.6 is 11.6 Å². The lowest BCUT2D eigenvalue weighted by Gasteiger charge is -2.21. The number of ketones is 1. The molecule has 1 aromatic heterocycles. The van der Waals surface area contributed by atoms with Crippen LogP contribution in [0.25, 0.3) is 10.9 Å². The summed E-state index contributed by atoms with van der Waals surface area (Å²) in [6.07, 6.45) is 3.52. The van der Waals surface area contributed by atoms with E-state index >= 15 is 0 Å². The Hall–Kier alpha value is -3.06. The lowest BCUT2D eigenvalue weighted by Crippen LogP contribution is -2.22. The molecule has 0 aliphatic heterocycles. The molecule has 0 amide bonds. The molecule has 182 valence electrons. The summed E-state index contributed by atoms with van der Waals surface area (Å²) in [6, 6.07) is 11.2. The first-order valence-corrected chi connectivity index (χ1v) is 12.3. The second-order valence-corrected chi connectivity index (χ2v) is 9.80. The van der Waals surface area contributed by atoms with Crippen molar-refractivity contribution < 1.29 is 23.5 Å². The number of fused-ring (bicyclic) bond motifs is 2. The highest BCUT2D eigenvalue weighted by Gasteiger charge is 2.59. The molecule has 0 spiro atoms. The molecule has 3 unspecified atom stereocenters. The molecule has 8 heteroatoms. The SMILES string of the molecule is CCOC(=O)CC(CC(=O)c1ccc(Cl)cc1)C1[C@H]2CC(Oc3ncnc4ccc(F)cc34)C[C@@H]12. The van der Waals surface area contributed by atoms with E-state index in [-0.39, 0.29) is 41.9 Å². The van der Waals surface area contributed by atoms with E-state index < -0.39 is 0 Å². The van der Waals surface area contributed by atoms with Crippen LogP contribution in [0.3, 0.4) is 0 Å². The number of aromatic nitrogens is 2.